The van der Waals surface area contributed by atoms with Crippen LogP contribution in [0.4, 0.5) is 0 Å². The Hall–Kier alpha value is -0.570. The molecule has 1 unspecified atom stereocenters. The minimum absolute atomic E-state index is 0.186. The molecule has 0 bridgehead atoms. The van der Waals surface area contributed by atoms with Crippen molar-refractivity contribution in [2.45, 2.75) is 45.1 Å². The number of nitrogens with two attached hydrogens (primary N) is 1. The number of nitrogens with one attached hydrogen (secondary N) is 1. The van der Waals surface area contributed by atoms with Gasteiger partial charge in [-0.2, -0.15) is 0 Å². The zero-order valence-electron chi connectivity index (χ0n) is 8.38. The molecular formula is C10H20N2O. The molecule has 0 spiro atoms. The number of hydrogen-bond acceptors (Lipinski definition) is 2. The van der Waals surface area contributed by atoms with Gasteiger partial charge in [0, 0.05) is 12.5 Å². The third-order valence-corrected chi connectivity index (χ3v) is 2.45. The largest absolute Gasteiger partial charge is 0.353 e. The monoisotopic (exact) mass is 184 g/mol. The van der Waals surface area contributed by atoms with Crippen LogP contribution >= 0.6 is 0 Å². The van der Waals surface area contributed by atoms with Gasteiger partial charge in [-0.3, -0.25) is 4.79 Å². The molecule has 1 atom stereocenters. The molecule has 1 rings (SSSR count). The van der Waals surface area contributed by atoms with Crippen LogP contribution in [-0.4, -0.2) is 18.5 Å². The van der Waals surface area contributed by atoms with E-state index in [1.807, 2.05) is 0 Å². The first-order chi connectivity index (χ1) is 6.26. The van der Waals surface area contributed by atoms with E-state index in [1.165, 1.54) is 0 Å². The maximum absolute atomic E-state index is 11.4. The summed E-state index contributed by atoms with van der Waals surface area (Å²) in [5, 5.41) is 2.98. The quantitative estimate of drug-likeness (QED) is 0.648. The summed E-state index contributed by atoms with van der Waals surface area (Å²) in [6.07, 6.45) is 5.10. The second-order valence-electron chi connectivity index (χ2n) is 3.94. The lowest BCUT2D eigenvalue weighted by molar-refractivity contribution is -0.122. The van der Waals surface area contributed by atoms with E-state index < -0.39 is 0 Å². The summed E-state index contributed by atoms with van der Waals surface area (Å²) >= 11 is 0. The SMILES string of the molecule is CCCC(CN)CC(=O)NC1CC1. The van der Waals surface area contributed by atoms with Crippen LogP contribution in [0.1, 0.15) is 39.0 Å². The molecular weight excluding hydrogens is 164 g/mol. The molecule has 0 aromatic rings. The molecule has 0 heterocycles. The highest BCUT2D eigenvalue weighted by Gasteiger charge is 2.23. The Balaban J connectivity index is 2.14. The summed E-state index contributed by atoms with van der Waals surface area (Å²) in [6, 6.07) is 0.479. The minimum atomic E-state index is 0.186. The Bertz CT molecular complexity index is 166. The second-order valence-corrected chi connectivity index (χ2v) is 3.94. The summed E-state index contributed by atoms with van der Waals surface area (Å²) in [6.45, 7) is 2.76. The molecule has 0 aromatic carbocycles. The van der Waals surface area contributed by atoms with Crippen molar-refractivity contribution in [2.24, 2.45) is 11.7 Å². The number of carbonyl (C=O) groups excluding carboxylic acids is 1. The summed E-state index contributed by atoms with van der Waals surface area (Å²) < 4.78 is 0. The van der Waals surface area contributed by atoms with E-state index in [0.29, 0.717) is 24.9 Å². The van der Waals surface area contributed by atoms with Gasteiger partial charge in [0.15, 0.2) is 0 Å². The number of rotatable bonds is 6. The minimum Gasteiger partial charge on any atom is -0.353 e. The lowest BCUT2D eigenvalue weighted by Crippen LogP contribution is -2.29. The molecule has 0 aromatic heterocycles. The van der Waals surface area contributed by atoms with Gasteiger partial charge in [0.05, 0.1) is 0 Å². The Labute approximate surface area is 80.1 Å². The standard InChI is InChI=1S/C10H20N2O/c1-2-3-8(7-11)6-10(13)12-9-4-5-9/h8-9H,2-7,11H2,1H3,(H,12,13). The van der Waals surface area contributed by atoms with Crippen LogP contribution in [0.2, 0.25) is 0 Å². The van der Waals surface area contributed by atoms with Crippen molar-refractivity contribution in [1.29, 1.82) is 0 Å². The summed E-state index contributed by atoms with van der Waals surface area (Å²) in [4.78, 5) is 11.4. The Morgan fingerprint density at radius 1 is 1.62 bits per heavy atom. The highest BCUT2D eigenvalue weighted by molar-refractivity contribution is 5.76. The van der Waals surface area contributed by atoms with E-state index >= 15 is 0 Å². The molecule has 3 heteroatoms. The van der Waals surface area contributed by atoms with Crippen molar-refractivity contribution in [3.8, 4) is 0 Å². The van der Waals surface area contributed by atoms with Gasteiger partial charge in [-0.05, 0) is 31.7 Å². The maximum Gasteiger partial charge on any atom is 0.220 e. The smallest absolute Gasteiger partial charge is 0.220 e. The van der Waals surface area contributed by atoms with Crippen LogP contribution in [0.15, 0.2) is 0 Å². The molecule has 1 aliphatic carbocycles. The van der Waals surface area contributed by atoms with Crippen LogP contribution in [0.5, 0.6) is 0 Å². The Kier molecular flexibility index (Phi) is 4.22. The normalized spacial score (nSPS) is 18.3. The molecule has 3 N–H and O–H groups in total. The molecule has 0 radical (unpaired) electrons. The summed E-state index contributed by atoms with van der Waals surface area (Å²) in [7, 11) is 0. The van der Waals surface area contributed by atoms with E-state index in [2.05, 4.69) is 12.2 Å². The van der Waals surface area contributed by atoms with Gasteiger partial charge in [0.2, 0.25) is 5.91 Å². The van der Waals surface area contributed by atoms with Crippen LogP contribution in [-0.2, 0) is 4.79 Å². The van der Waals surface area contributed by atoms with Crippen molar-refractivity contribution in [2.75, 3.05) is 6.54 Å². The van der Waals surface area contributed by atoms with E-state index in [1.54, 1.807) is 0 Å². The van der Waals surface area contributed by atoms with Gasteiger partial charge in [0.25, 0.3) is 0 Å². The lowest BCUT2D eigenvalue weighted by Gasteiger charge is -2.12. The Morgan fingerprint density at radius 2 is 2.31 bits per heavy atom. The third-order valence-electron chi connectivity index (χ3n) is 2.45. The number of hydrogen-bond donors (Lipinski definition) is 2. The molecule has 1 amide bonds. The van der Waals surface area contributed by atoms with Crippen LogP contribution in [0, 0.1) is 5.92 Å². The van der Waals surface area contributed by atoms with Gasteiger partial charge >= 0.3 is 0 Å². The highest BCUT2D eigenvalue weighted by Crippen LogP contribution is 2.19. The fourth-order valence-corrected chi connectivity index (χ4v) is 1.49. The first kappa shape index (κ1) is 10.5. The average molecular weight is 184 g/mol. The lowest BCUT2D eigenvalue weighted by atomic mass is 10.00. The molecule has 1 fully saturated rings. The Morgan fingerprint density at radius 3 is 2.77 bits per heavy atom. The van der Waals surface area contributed by atoms with Crippen molar-refractivity contribution >= 4 is 5.91 Å². The van der Waals surface area contributed by atoms with Crippen molar-refractivity contribution in [3.63, 3.8) is 0 Å². The van der Waals surface area contributed by atoms with Gasteiger partial charge in [-0.25, -0.2) is 0 Å². The van der Waals surface area contributed by atoms with Crippen LogP contribution in [0.25, 0.3) is 0 Å². The number of amides is 1. The summed E-state index contributed by atoms with van der Waals surface area (Å²) in [5.41, 5.74) is 5.57. The molecule has 0 saturated heterocycles. The number of carbonyl (C=O) groups is 1. The van der Waals surface area contributed by atoms with E-state index in [4.69, 9.17) is 5.73 Å². The fraction of sp³-hybridized carbons (Fsp3) is 0.900. The highest BCUT2D eigenvalue weighted by atomic mass is 16.1. The van der Waals surface area contributed by atoms with E-state index in [9.17, 15) is 4.79 Å². The third kappa shape index (κ3) is 4.27. The van der Waals surface area contributed by atoms with Crippen molar-refractivity contribution in [1.82, 2.24) is 5.32 Å². The second kappa shape index (κ2) is 5.22. The first-order valence-corrected chi connectivity index (χ1v) is 5.25. The van der Waals surface area contributed by atoms with Gasteiger partial charge in [-0.1, -0.05) is 13.3 Å². The van der Waals surface area contributed by atoms with E-state index in [-0.39, 0.29) is 5.91 Å². The predicted molar refractivity (Wildman–Crippen MR) is 53.2 cm³/mol. The van der Waals surface area contributed by atoms with Crippen molar-refractivity contribution in [3.05, 3.63) is 0 Å². The van der Waals surface area contributed by atoms with Crippen LogP contribution in [0.3, 0.4) is 0 Å². The van der Waals surface area contributed by atoms with Crippen molar-refractivity contribution < 1.29 is 4.79 Å². The average Bonchev–Trinajstić information content (AvgIpc) is 2.87. The molecule has 13 heavy (non-hydrogen) atoms. The molecule has 1 saturated carbocycles. The molecule has 76 valence electrons. The van der Waals surface area contributed by atoms with Gasteiger partial charge in [0.1, 0.15) is 0 Å². The summed E-state index contributed by atoms with van der Waals surface area (Å²) in [5.74, 6) is 0.565. The predicted octanol–water partition coefficient (Wildman–Crippen LogP) is 1.03. The van der Waals surface area contributed by atoms with E-state index in [0.717, 1.165) is 25.7 Å². The molecule has 1 aliphatic rings. The fourth-order valence-electron chi connectivity index (χ4n) is 1.49. The van der Waals surface area contributed by atoms with Crippen LogP contribution < -0.4 is 11.1 Å². The topological polar surface area (TPSA) is 55.1 Å². The first-order valence-electron chi connectivity index (χ1n) is 5.25. The molecule has 3 nitrogen and oxygen atoms in total. The van der Waals surface area contributed by atoms with Gasteiger partial charge < -0.3 is 11.1 Å². The zero-order chi connectivity index (χ0) is 9.68. The zero-order valence-corrected chi connectivity index (χ0v) is 8.38. The van der Waals surface area contributed by atoms with Gasteiger partial charge in [-0.15, -0.1) is 0 Å². The molecule has 0 aliphatic heterocycles. The maximum atomic E-state index is 11.4.